The van der Waals surface area contributed by atoms with Crippen molar-refractivity contribution in [2.24, 2.45) is 0 Å². The fourth-order valence-electron chi connectivity index (χ4n) is 2.88. The molecule has 3 rings (SSSR count). The van der Waals surface area contributed by atoms with Gasteiger partial charge in [0.25, 0.3) is 0 Å². The number of methoxy groups -OCH3 is 1. The first kappa shape index (κ1) is 13.6. The van der Waals surface area contributed by atoms with E-state index in [1.807, 2.05) is 54.6 Å². The number of benzene rings is 2. The summed E-state index contributed by atoms with van der Waals surface area (Å²) >= 11 is 0. The van der Waals surface area contributed by atoms with Gasteiger partial charge in [-0.3, -0.25) is 0 Å². The Balaban J connectivity index is 2.19. The molecule has 21 heavy (non-hydrogen) atoms. The van der Waals surface area contributed by atoms with Crippen molar-refractivity contribution in [2.45, 2.75) is 12.0 Å². The van der Waals surface area contributed by atoms with Crippen molar-refractivity contribution in [1.29, 1.82) is 0 Å². The minimum absolute atomic E-state index is 0.210. The quantitative estimate of drug-likeness (QED) is 0.860. The molecule has 1 N–H and O–H groups in total. The highest BCUT2D eigenvalue weighted by molar-refractivity contribution is 5.92. The van der Waals surface area contributed by atoms with Crippen molar-refractivity contribution in [2.75, 3.05) is 7.11 Å². The molecule has 0 bridgehead atoms. The topological polar surface area (TPSA) is 46.5 Å². The second-order valence-corrected chi connectivity index (χ2v) is 5.03. The van der Waals surface area contributed by atoms with E-state index >= 15 is 0 Å². The Bertz CT molecular complexity index is 689. The van der Waals surface area contributed by atoms with Crippen molar-refractivity contribution in [3.05, 3.63) is 82.9 Å². The highest BCUT2D eigenvalue weighted by atomic mass is 16.5. The van der Waals surface area contributed by atoms with Crippen LogP contribution in [0.25, 0.3) is 0 Å². The van der Waals surface area contributed by atoms with Gasteiger partial charge in [-0.25, -0.2) is 4.79 Å². The lowest BCUT2D eigenvalue weighted by atomic mass is 9.77. The van der Waals surface area contributed by atoms with Crippen LogP contribution in [0.15, 0.2) is 66.2 Å². The van der Waals surface area contributed by atoms with Crippen LogP contribution in [0, 0.1) is 0 Å². The lowest BCUT2D eigenvalue weighted by Crippen LogP contribution is -2.21. The normalized spacial score (nSPS) is 20.4. The van der Waals surface area contributed by atoms with Crippen LogP contribution < -0.4 is 0 Å². The summed E-state index contributed by atoms with van der Waals surface area (Å²) in [6, 6.07) is 17.4. The largest absolute Gasteiger partial charge is 0.466 e. The molecule has 2 aromatic rings. The van der Waals surface area contributed by atoms with Crippen molar-refractivity contribution in [3.63, 3.8) is 0 Å². The van der Waals surface area contributed by atoms with E-state index in [1.165, 1.54) is 7.11 Å². The summed E-state index contributed by atoms with van der Waals surface area (Å²) in [7, 11) is 1.36. The van der Waals surface area contributed by atoms with E-state index in [-0.39, 0.29) is 5.92 Å². The third kappa shape index (κ3) is 2.36. The molecule has 1 aliphatic carbocycles. The monoisotopic (exact) mass is 280 g/mol. The van der Waals surface area contributed by atoms with Gasteiger partial charge in [-0.1, -0.05) is 54.6 Å². The number of fused-ring (bicyclic) bond motifs is 1. The highest BCUT2D eigenvalue weighted by Crippen LogP contribution is 2.41. The average Bonchev–Trinajstić information content (AvgIpc) is 2.55. The van der Waals surface area contributed by atoms with Gasteiger partial charge in [-0.2, -0.15) is 0 Å². The molecule has 0 spiro atoms. The van der Waals surface area contributed by atoms with E-state index in [2.05, 4.69) is 0 Å². The Morgan fingerprint density at radius 2 is 1.62 bits per heavy atom. The molecule has 3 nitrogen and oxygen atoms in total. The maximum Gasteiger partial charge on any atom is 0.334 e. The molecule has 0 amide bonds. The molecule has 0 unspecified atom stereocenters. The Kier molecular flexibility index (Phi) is 3.59. The molecule has 0 aliphatic heterocycles. The smallest absolute Gasteiger partial charge is 0.334 e. The minimum Gasteiger partial charge on any atom is -0.466 e. The van der Waals surface area contributed by atoms with Crippen LogP contribution >= 0.6 is 0 Å². The van der Waals surface area contributed by atoms with Gasteiger partial charge in [0.2, 0.25) is 0 Å². The van der Waals surface area contributed by atoms with Crippen LogP contribution in [-0.2, 0) is 9.53 Å². The van der Waals surface area contributed by atoms with Crippen molar-refractivity contribution >= 4 is 5.97 Å². The molecule has 0 heterocycles. The molecule has 2 atom stereocenters. The van der Waals surface area contributed by atoms with Crippen LogP contribution in [0.4, 0.5) is 0 Å². The Hall–Kier alpha value is -2.39. The van der Waals surface area contributed by atoms with Crippen LogP contribution in [0.2, 0.25) is 0 Å². The fraction of sp³-hybridized carbons (Fsp3) is 0.167. The van der Waals surface area contributed by atoms with Gasteiger partial charge >= 0.3 is 5.97 Å². The molecule has 106 valence electrons. The second kappa shape index (κ2) is 5.54. The summed E-state index contributed by atoms with van der Waals surface area (Å²) in [5, 5.41) is 10.3. The van der Waals surface area contributed by atoms with Gasteiger partial charge in [-0.15, -0.1) is 0 Å². The van der Waals surface area contributed by atoms with Crippen LogP contribution in [0.1, 0.15) is 28.7 Å². The Morgan fingerprint density at radius 3 is 2.29 bits per heavy atom. The minimum atomic E-state index is -0.782. The molecule has 0 fully saturated rings. The summed E-state index contributed by atoms with van der Waals surface area (Å²) in [5.41, 5.74) is 3.27. The number of rotatable bonds is 2. The SMILES string of the molecule is COC(=O)C1=C[C@@H](O)c2ccccc2[C@@H]1c1ccccc1. The molecule has 2 aromatic carbocycles. The van der Waals surface area contributed by atoms with Gasteiger partial charge in [0.15, 0.2) is 0 Å². The van der Waals surface area contributed by atoms with Gasteiger partial charge in [0.05, 0.1) is 13.2 Å². The van der Waals surface area contributed by atoms with Crippen LogP contribution in [-0.4, -0.2) is 18.2 Å². The average molecular weight is 280 g/mol. The maximum atomic E-state index is 12.1. The fourth-order valence-corrected chi connectivity index (χ4v) is 2.88. The lowest BCUT2D eigenvalue weighted by Gasteiger charge is -2.28. The number of esters is 1. The lowest BCUT2D eigenvalue weighted by molar-refractivity contribution is -0.136. The molecular formula is C18H16O3. The second-order valence-electron chi connectivity index (χ2n) is 5.03. The summed E-state index contributed by atoms with van der Waals surface area (Å²) in [6.07, 6.45) is 0.807. The number of carbonyl (C=O) groups is 1. The molecule has 0 aromatic heterocycles. The molecule has 0 radical (unpaired) electrons. The van der Waals surface area contributed by atoms with E-state index in [4.69, 9.17) is 4.74 Å². The third-order valence-corrected chi connectivity index (χ3v) is 3.83. The molecule has 0 saturated carbocycles. The van der Waals surface area contributed by atoms with Crippen molar-refractivity contribution in [1.82, 2.24) is 0 Å². The number of ether oxygens (including phenoxy) is 1. The van der Waals surface area contributed by atoms with Crippen LogP contribution in [0.5, 0.6) is 0 Å². The van der Waals surface area contributed by atoms with Crippen LogP contribution in [0.3, 0.4) is 0 Å². The van der Waals surface area contributed by atoms with Gasteiger partial charge < -0.3 is 9.84 Å². The van der Waals surface area contributed by atoms with Crippen molar-refractivity contribution < 1.29 is 14.6 Å². The Morgan fingerprint density at radius 1 is 1.00 bits per heavy atom. The van der Waals surface area contributed by atoms with Gasteiger partial charge in [0.1, 0.15) is 0 Å². The summed E-state index contributed by atoms with van der Waals surface area (Å²) < 4.78 is 4.89. The predicted molar refractivity (Wildman–Crippen MR) is 79.8 cm³/mol. The number of aliphatic hydroxyl groups excluding tert-OH is 1. The number of aliphatic hydroxyl groups is 1. The molecule has 0 saturated heterocycles. The summed E-state index contributed by atoms with van der Waals surface area (Å²) in [4.78, 5) is 12.1. The molecular weight excluding hydrogens is 264 g/mol. The molecule has 3 heteroatoms. The molecule has 1 aliphatic rings. The zero-order valence-corrected chi connectivity index (χ0v) is 11.7. The third-order valence-electron chi connectivity index (χ3n) is 3.83. The van der Waals surface area contributed by atoms with E-state index in [1.54, 1.807) is 6.08 Å². The van der Waals surface area contributed by atoms with Gasteiger partial charge in [-0.05, 0) is 22.8 Å². The van der Waals surface area contributed by atoms with Crippen molar-refractivity contribution in [3.8, 4) is 0 Å². The zero-order chi connectivity index (χ0) is 14.8. The first-order valence-corrected chi connectivity index (χ1v) is 6.84. The summed E-state index contributed by atoms with van der Waals surface area (Å²) in [6.45, 7) is 0. The van der Waals surface area contributed by atoms with E-state index in [0.29, 0.717) is 5.57 Å². The predicted octanol–water partition coefficient (Wildman–Crippen LogP) is 2.96. The Labute approximate surface area is 123 Å². The number of carbonyl (C=O) groups excluding carboxylic acids is 1. The zero-order valence-electron chi connectivity index (χ0n) is 11.7. The van der Waals surface area contributed by atoms with E-state index in [9.17, 15) is 9.90 Å². The first-order valence-electron chi connectivity index (χ1n) is 6.84. The maximum absolute atomic E-state index is 12.1. The standard InChI is InChI=1S/C18H16O3/c1-21-18(20)15-11-16(19)13-9-5-6-10-14(13)17(15)12-7-3-2-4-8-12/h2-11,16-17,19H,1H3/t16-,17+/m1/s1. The van der Waals surface area contributed by atoms with E-state index in [0.717, 1.165) is 16.7 Å². The number of hydrogen-bond acceptors (Lipinski definition) is 3. The highest BCUT2D eigenvalue weighted by Gasteiger charge is 2.32. The first-order chi connectivity index (χ1) is 10.2. The van der Waals surface area contributed by atoms with Gasteiger partial charge in [0, 0.05) is 11.5 Å². The van der Waals surface area contributed by atoms with E-state index < -0.39 is 12.1 Å². The summed E-state index contributed by atoms with van der Waals surface area (Å²) in [5.74, 6) is -0.615. The number of hydrogen-bond donors (Lipinski definition) is 1.